The molecule has 0 bridgehead atoms. The number of aliphatic hydroxyl groups excluding tert-OH is 6. The SMILES string of the molecule is OCC1O[C@H](O[C@H]2C(CO)OC=C[C@H]2O)C(O)[C@H](O)[C@@H]1O. The van der Waals surface area contributed by atoms with Gasteiger partial charge in [-0.2, -0.15) is 0 Å². The first-order valence-electron chi connectivity index (χ1n) is 6.56. The quantitative estimate of drug-likeness (QED) is 0.310. The van der Waals surface area contributed by atoms with E-state index >= 15 is 0 Å². The van der Waals surface area contributed by atoms with Crippen molar-refractivity contribution in [1.82, 2.24) is 0 Å². The fraction of sp³-hybridized carbons (Fsp3) is 0.833. The molecule has 0 radical (unpaired) electrons. The topological polar surface area (TPSA) is 149 Å². The van der Waals surface area contributed by atoms with E-state index in [1.807, 2.05) is 0 Å². The molecule has 9 nitrogen and oxygen atoms in total. The van der Waals surface area contributed by atoms with Crippen LogP contribution in [0.25, 0.3) is 0 Å². The Morgan fingerprint density at radius 1 is 0.905 bits per heavy atom. The highest BCUT2D eigenvalue weighted by molar-refractivity contribution is 4.99. The van der Waals surface area contributed by atoms with Crippen molar-refractivity contribution in [3.63, 3.8) is 0 Å². The van der Waals surface area contributed by atoms with Crippen LogP contribution >= 0.6 is 0 Å². The third-order valence-electron chi connectivity index (χ3n) is 3.55. The van der Waals surface area contributed by atoms with Crippen molar-refractivity contribution in [2.45, 2.75) is 49.0 Å². The third-order valence-corrected chi connectivity index (χ3v) is 3.55. The molecule has 1 fully saturated rings. The maximum atomic E-state index is 9.85. The van der Waals surface area contributed by atoms with Crippen molar-refractivity contribution in [1.29, 1.82) is 0 Å². The van der Waals surface area contributed by atoms with Gasteiger partial charge in [-0.15, -0.1) is 0 Å². The molecule has 2 heterocycles. The largest absolute Gasteiger partial charge is 0.493 e. The lowest BCUT2D eigenvalue weighted by molar-refractivity contribution is -0.324. The van der Waals surface area contributed by atoms with Crippen LogP contribution in [0, 0.1) is 0 Å². The van der Waals surface area contributed by atoms with Crippen LogP contribution in [0.2, 0.25) is 0 Å². The van der Waals surface area contributed by atoms with E-state index in [2.05, 4.69) is 0 Å². The molecule has 0 saturated carbocycles. The normalized spacial score (nSPS) is 47.1. The van der Waals surface area contributed by atoms with Crippen LogP contribution in [0.15, 0.2) is 12.3 Å². The van der Waals surface area contributed by atoms with Gasteiger partial charge in [-0.1, -0.05) is 0 Å². The van der Waals surface area contributed by atoms with Crippen molar-refractivity contribution in [3.05, 3.63) is 12.3 Å². The molecule has 0 spiro atoms. The van der Waals surface area contributed by atoms with Crippen LogP contribution in [0.3, 0.4) is 0 Å². The van der Waals surface area contributed by atoms with E-state index in [0.717, 1.165) is 0 Å². The summed E-state index contributed by atoms with van der Waals surface area (Å²) in [6, 6.07) is 0. The lowest BCUT2D eigenvalue weighted by Gasteiger charge is -2.42. The first kappa shape index (κ1) is 16.6. The molecule has 0 aromatic heterocycles. The van der Waals surface area contributed by atoms with Crippen LogP contribution in [-0.2, 0) is 14.2 Å². The van der Waals surface area contributed by atoms with Crippen molar-refractivity contribution >= 4 is 0 Å². The Balaban J connectivity index is 2.08. The van der Waals surface area contributed by atoms with Gasteiger partial charge in [-0.3, -0.25) is 0 Å². The summed E-state index contributed by atoms with van der Waals surface area (Å²) >= 11 is 0. The molecule has 2 aliphatic heterocycles. The maximum Gasteiger partial charge on any atom is 0.187 e. The van der Waals surface area contributed by atoms with Crippen molar-refractivity contribution < 1.29 is 44.8 Å². The highest BCUT2D eigenvalue weighted by Gasteiger charge is 2.46. The molecule has 2 aliphatic rings. The van der Waals surface area contributed by atoms with Crippen molar-refractivity contribution in [2.75, 3.05) is 13.2 Å². The van der Waals surface area contributed by atoms with Crippen LogP contribution in [-0.4, -0.2) is 92.9 Å². The first-order chi connectivity index (χ1) is 9.99. The first-order valence-corrected chi connectivity index (χ1v) is 6.56. The van der Waals surface area contributed by atoms with Crippen molar-refractivity contribution in [2.24, 2.45) is 0 Å². The zero-order valence-corrected chi connectivity index (χ0v) is 11.1. The molecule has 2 rings (SSSR count). The van der Waals surface area contributed by atoms with E-state index in [-0.39, 0.29) is 0 Å². The zero-order chi connectivity index (χ0) is 15.6. The van der Waals surface area contributed by atoms with E-state index in [1.165, 1.54) is 12.3 Å². The minimum Gasteiger partial charge on any atom is -0.493 e. The fourth-order valence-electron chi connectivity index (χ4n) is 2.28. The molecule has 122 valence electrons. The molecule has 21 heavy (non-hydrogen) atoms. The van der Waals surface area contributed by atoms with Gasteiger partial charge in [-0.25, -0.2) is 0 Å². The summed E-state index contributed by atoms with van der Waals surface area (Å²) in [7, 11) is 0. The Morgan fingerprint density at radius 3 is 2.19 bits per heavy atom. The number of rotatable bonds is 4. The molecule has 6 N–H and O–H groups in total. The van der Waals surface area contributed by atoms with E-state index in [1.54, 1.807) is 0 Å². The lowest BCUT2D eigenvalue weighted by atomic mass is 9.99. The van der Waals surface area contributed by atoms with Gasteiger partial charge in [0.25, 0.3) is 0 Å². The molecule has 0 aliphatic carbocycles. The Hall–Kier alpha value is -0.780. The van der Waals surface area contributed by atoms with Gasteiger partial charge >= 0.3 is 0 Å². The average Bonchev–Trinajstić information content (AvgIpc) is 2.49. The highest BCUT2D eigenvalue weighted by atomic mass is 16.7. The minimum absolute atomic E-state index is 0.441. The smallest absolute Gasteiger partial charge is 0.187 e. The Bertz CT molecular complexity index is 361. The summed E-state index contributed by atoms with van der Waals surface area (Å²) in [5.74, 6) is 0. The molecular weight excluding hydrogens is 288 g/mol. The predicted molar refractivity (Wildman–Crippen MR) is 65.7 cm³/mol. The van der Waals surface area contributed by atoms with Crippen LogP contribution in [0.4, 0.5) is 0 Å². The van der Waals surface area contributed by atoms with Gasteiger partial charge in [0.15, 0.2) is 6.29 Å². The summed E-state index contributed by atoms with van der Waals surface area (Å²) in [6.07, 6.45) is -7.68. The van der Waals surface area contributed by atoms with Gasteiger partial charge < -0.3 is 44.8 Å². The fourth-order valence-corrected chi connectivity index (χ4v) is 2.28. The molecule has 3 unspecified atom stereocenters. The molecular formula is C12H20O9. The summed E-state index contributed by atoms with van der Waals surface area (Å²) < 4.78 is 15.6. The van der Waals surface area contributed by atoms with E-state index in [9.17, 15) is 25.5 Å². The van der Waals surface area contributed by atoms with Crippen LogP contribution in [0.1, 0.15) is 0 Å². The maximum absolute atomic E-state index is 9.85. The average molecular weight is 308 g/mol. The molecule has 9 heteroatoms. The standard InChI is InChI=1S/C12H20O9/c13-3-6-8(16)9(17)10(18)12(20-6)21-11-5(15)1-2-19-7(11)4-14/h1-2,5-18H,3-4H2/t5-,6?,7?,8-,9-,10?,11-,12-/m1/s1. The van der Waals surface area contributed by atoms with E-state index in [4.69, 9.17) is 19.3 Å². The number of ether oxygens (including phenoxy) is 3. The number of hydrogen-bond acceptors (Lipinski definition) is 9. The summed E-state index contributed by atoms with van der Waals surface area (Å²) in [6.45, 7) is -1.03. The van der Waals surface area contributed by atoms with Crippen LogP contribution in [0.5, 0.6) is 0 Å². The Labute approximate surface area is 120 Å². The third kappa shape index (κ3) is 3.35. The minimum atomic E-state index is -1.58. The number of hydrogen-bond donors (Lipinski definition) is 6. The molecule has 8 atom stereocenters. The molecule has 0 aromatic rings. The van der Waals surface area contributed by atoms with Gasteiger partial charge in [0.1, 0.15) is 42.7 Å². The summed E-state index contributed by atoms with van der Waals surface area (Å²) in [4.78, 5) is 0. The molecule has 1 saturated heterocycles. The summed E-state index contributed by atoms with van der Waals surface area (Å²) in [5.41, 5.74) is 0. The highest BCUT2D eigenvalue weighted by Crippen LogP contribution is 2.26. The second kappa shape index (κ2) is 6.99. The van der Waals surface area contributed by atoms with E-state index < -0.39 is 62.2 Å². The van der Waals surface area contributed by atoms with Crippen molar-refractivity contribution in [3.8, 4) is 0 Å². The molecule has 0 amide bonds. The predicted octanol–water partition coefficient (Wildman–Crippen LogP) is -3.56. The number of aliphatic hydroxyl groups is 6. The monoisotopic (exact) mass is 308 g/mol. The molecule has 0 aromatic carbocycles. The van der Waals surface area contributed by atoms with E-state index in [0.29, 0.717) is 0 Å². The zero-order valence-electron chi connectivity index (χ0n) is 11.1. The van der Waals surface area contributed by atoms with Crippen LogP contribution < -0.4 is 0 Å². The Kier molecular flexibility index (Phi) is 5.52. The summed E-state index contributed by atoms with van der Waals surface area (Å²) in [5, 5.41) is 57.3. The van der Waals surface area contributed by atoms with Gasteiger partial charge in [-0.05, 0) is 6.08 Å². The van der Waals surface area contributed by atoms with Gasteiger partial charge in [0.05, 0.1) is 19.5 Å². The lowest BCUT2D eigenvalue weighted by Crippen LogP contribution is -2.61. The second-order valence-electron chi connectivity index (χ2n) is 4.97. The van der Waals surface area contributed by atoms with Gasteiger partial charge in [0, 0.05) is 0 Å². The van der Waals surface area contributed by atoms with Gasteiger partial charge in [0.2, 0.25) is 0 Å². The Morgan fingerprint density at radius 2 is 1.57 bits per heavy atom. The second-order valence-corrected chi connectivity index (χ2v) is 4.97.